The Hall–Kier alpha value is -2.35. The number of hydrogen-bond donors (Lipinski definition) is 0. The molecule has 0 atom stereocenters. The zero-order valence-corrected chi connectivity index (χ0v) is 11.3. The van der Waals surface area contributed by atoms with Gasteiger partial charge in [0.1, 0.15) is 0 Å². The van der Waals surface area contributed by atoms with Crippen LogP contribution in [0.25, 0.3) is 6.08 Å². The molecule has 0 heterocycles. The molecule has 2 heteroatoms. The SMILES string of the molecule is C=CC=CC(C)=C(C)C(=O)OC=Cc1ccccc1. The Kier molecular flexibility index (Phi) is 6.10. The van der Waals surface area contributed by atoms with E-state index in [-0.39, 0.29) is 5.97 Å². The van der Waals surface area contributed by atoms with Crippen molar-refractivity contribution >= 4 is 12.0 Å². The second-order valence-electron chi connectivity index (χ2n) is 4.02. The van der Waals surface area contributed by atoms with Crippen molar-refractivity contribution in [1.82, 2.24) is 0 Å². The molecule has 0 aliphatic carbocycles. The number of ether oxygens (including phenoxy) is 1. The van der Waals surface area contributed by atoms with E-state index >= 15 is 0 Å². The summed E-state index contributed by atoms with van der Waals surface area (Å²) in [5, 5.41) is 0. The molecule has 0 unspecified atom stereocenters. The molecule has 0 saturated carbocycles. The van der Waals surface area contributed by atoms with Gasteiger partial charge < -0.3 is 4.74 Å². The number of allylic oxidation sites excluding steroid dienone is 4. The predicted octanol–water partition coefficient (Wildman–Crippen LogP) is 4.28. The molecule has 0 aliphatic heterocycles. The molecular formula is C17H18O2. The topological polar surface area (TPSA) is 26.3 Å². The average Bonchev–Trinajstić information content (AvgIpc) is 2.44. The van der Waals surface area contributed by atoms with E-state index < -0.39 is 0 Å². The molecule has 2 nitrogen and oxygen atoms in total. The predicted molar refractivity (Wildman–Crippen MR) is 79.3 cm³/mol. The lowest BCUT2D eigenvalue weighted by Crippen LogP contribution is -2.02. The van der Waals surface area contributed by atoms with Crippen LogP contribution in [0.15, 0.2) is 72.5 Å². The molecule has 19 heavy (non-hydrogen) atoms. The molecule has 0 spiro atoms. The minimum atomic E-state index is -0.349. The van der Waals surface area contributed by atoms with Crippen molar-refractivity contribution in [3.63, 3.8) is 0 Å². The van der Waals surface area contributed by atoms with E-state index in [2.05, 4.69) is 6.58 Å². The Morgan fingerprint density at radius 1 is 1.21 bits per heavy atom. The number of carbonyl (C=O) groups is 1. The lowest BCUT2D eigenvalue weighted by Gasteiger charge is -2.02. The first kappa shape index (κ1) is 14.7. The van der Waals surface area contributed by atoms with E-state index in [0.29, 0.717) is 5.57 Å². The van der Waals surface area contributed by atoms with Gasteiger partial charge in [-0.15, -0.1) is 0 Å². The number of hydrogen-bond acceptors (Lipinski definition) is 2. The Balaban J connectivity index is 2.63. The highest BCUT2D eigenvalue weighted by molar-refractivity contribution is 5.89. The molecular weight excluding hydrogens is 236 g/mol. The molecule has 1 aromatic carbocycles. The van der Waals surface area contributed by atoms with Crippen LogP contribution in [-0.4, -0.2) is 5.97 Å². The van der Waals surface area contributed by atoms with Gasteiger partial charge >= 0.3 is 5.97 Å². The van der Waals surface area contributed by atoms with Crippen LogP contribution >= 0.6 is 0 Å². The van der Waals surface area contributed by atoms with Gasteiger partial charge in [0.25, 0.3) is 0 Å². The van der Waals surface area contributed by atoms with Gasteiger partial charge in [-0.2, -0.15) is 0 Å². The maximum atomic E-state index is 11.7. The minimum absolute atomic E-state index is 0.349. The highest BCUT2D eigenvalue weighted by Gasteiger charge is 2.06. The van der Waals surface area contributed by atoms with Crippen LogP contribution in [0.5, 0.6) is 0 Å². The van der Waals surface area contributed by atoms with E-state index in [1.165, 1.54) is 6.26 Å². The summed E-state index contributed by atoms with van der Waals surface area (Å²) in [6.07, 6.45) is 8.43. The standard InChI is InChI=1S/C17H18O2/c1-4-5-9-14(2)15(3)17(18)19-13-12-16-10-7-6-8-11-16/h4-13H,1H2,2-3H3. The van der Waals surface area contributed by atoms with Crippen molar-refractivity contribution in [1.29, 1.82) is 0 Å². The Bertz CT molecular complexity index is 519. The van der Waals surface area contributed by atoms with E-state index in [1.807, 2.05) is 43.3 Å². The van der Waals surface area contributed by atoms with E-state index in [0.717, 1.165) is 11.1 Å². The summed E-state index contributed by atoms with van der Waals surface area (Å²) in [6.45, 7) is 7.18. The van der Waals surface area contributed by atoms with Crippen LogP contribution < -0.4 is 0 Å². The van der Waals surface area contributed by atoms with Crippen LogP contribution in [0.4, 0.5) is 0 Å². The Morgan fingerprint density at radius 3 is 2.53 bits per heavy atom. The van der Waals surface area contributed by atoms with Crippen LogP contribution in [0.1, 0.15) is 19.4 Å². The molecule has 0 N–H and O–H groups in total. The van der Waals surface area contributed by atoms with Crippen molar-refractivity contribution in [2.45, 2.75) is 13.8 Å². The van der Waals surface area contributed by atoms with Crippen LogP contribution in [0, 0.1) is 0 Å². The van der Waals surface area contributed by atoms with Gasteiger partial charge in [-0.1, -0.05) is 55.1 Å². The van der Waals surface area contributed by atoms with Crippen LogP contribution in [0.3, 0.4) is 0 Å². The second-order valence-corrected chi connectivity index (χ2v) is 4.02. The highest BCUT2D eigenvalue weighted by Crippen LogP contribution is 2.08. The van der Waals surface area contributed by atoms with Crippen LogP contribution in [0.2, 0.25) is 0 Å². The maximum absolute atomic E-state index is 11.7. The summed E-state index contributed by atoms with van der Waals surface area (Å²) in [6, 6.07) is 9.66. The number of esters is 1. The summed E-state index contributed by atoms with van der Waals surface area (Å²) < 4.78 is 5.07. The van der Waals surface area contributed by atoms with E-state index in [4.69, 9.17) is 4.74 Å². The van der Waals surface area contributed by atoms with E-state index in [1.54, 1.807) is 25.2 Å². The second kappa shape index (κ2) is 7.88. The molecule has 0 aliphatic rings. The first-order chi connectivity index (χ1) is 9.15. The fraction of sp³-hybridized carbons (Fsp3) is 0.118. The summed E-state index contributed by atoms with van der Waals surface area (Å²) in [7, 11) is 0. The molecule has 0 amide bonds. The molecule has 0 fully saturated rings. The molecule has 98 valence electrons. The molecule has 1 aromatic rings. The zero-order valence-electron chi connectivity index (χ0n) is 11.3. The number of carbonyl (C=O) groups excluding carboxylic acids is 1. The quantitative estimate of drug-likeness (QED) is 0.339. The van der Waals surface area contributed by atoms with Gasteiger partial charge in [-0.3, -0.25) is 0 Å². The normalized spacial score (nSPS) is 12.5. The Morgan fingerprint density at radius 2 is 1.89 bits per heavy atom. The zero-order chi connectivity index (χ0) is 14.1. The van der Waals surface area contributed by atoms with E-state index in [9.17, 15) is 4.79 Å². The lowest BCUT2D eigenvalue weighted by molar-refractivity contribution is -0.133. The third-order valence-electron chi connectivity index (χ3n) is 2.62. The molecule has 0 radical (unpaired) electrons. The van der Waals surface area contributed by atoms with Crippen molar-refractivity contribution in [3.8, 4) is 0 Å². The largest absolute Gasteiger partial charge is 0.431 e. The Labute approximate surface area is 114 Å². The smallest absolute Gasteiger partial charge is 0.338 e. The summed E-state index contributed by atoms with van der Waals surface area (Å²) in [4.78, 5) is 11.7. The number of rotatable bonds is 5. The molecule has 0 aromatic heterocycles. The highest BCUT2D eigenvalue weighted by atomic mass is 16.5. The summed E-state index contributed by atoms with van der Waals surface area (Å²) >= 11 is 0. The fourth-order valence-electron chi connectivity index (χ4n) is 1.33. The van der Waals surface area contributed by atoms with Gasteiger partial charge in [0.15, 0.2) is 0 Å². The maximum Gasteiger partial charge on any atom is 0.338 e. The summed E-state index contributed by atoms with van der Waals surface area (Å²) in [5.41, 5.74) is 2.43. The molecule has 0 saturated heterocycles. The first-order valence-electron chi connectivity index (χ1n) is 6.04. The summed E-state index contributed by atoms with van der Waals surface area (Å²) in [5.74, 6) is -0.349. The van der Waals surface area contributed by atoms with Gasteiger partial charge in [-0.25, -0.2) is 4.79 Å². The van der Waals surface area contributed by atoms with Crippen LogP contribution in [-0.2, 0) is 9.53 Å². The lowest BCUT2D eigenvalue weighted by atomic mass is 10.1. The van der Waals surface area contributed by atoms with Crippen molar-refractivity contribution in [3.05, 3.63) is 78.1 Å². The third-order valence-corrected chi connectivity index (χ3v) is 2.62. The minimum Gasteiger partial charge on any atom is -0.431 e. The average molecular weight is 254 g/mol. The monoisotopic (exact) mass is 254 g/mol. The van der Waals surface area contributed by atoms with Crippen molar-refractivity contribution in [2.75, 3.05) is 0 Å². The van der Waals surface area contributed by atoms with Crippen molar-refractivity contribution < 1.29 is 9.53 Å². The third kappa shape index (κ3) is 5.21. The number of benzene rings is 1. The fourth-order valence-corrected chi connectivity index (χ4v) is 1.33. The van der Waals surface area contributed by atoms with Gasteiger partial charge in [0, 0.05) is 5.57 Å². The van der Waals surface area contributed by atoms with Gasteiger partial charge in [0.2, 0.25) is 0 Å². The molecule has 0 bridgehead atoms. The van der Waals surface area contributed by atoms with Gasteiger partial charge in [0.05, 0.1) is 6.26 Å². The first-order valence-corrected chi connectivity index (χ1v) is 6.04. The van der Waals surface area contributed by atoms with Crippen molar-refractivity contribution in [2.24, 2.45) is 0 Å². The van der Waals surface area contributed by atoms with Gasteiger partial charge in [-0.05, 0) is 31.1 Å². The molecule has 1 rings (SSSR count).